The van der Waals surface area contributed by atoms with E-state index in [1.165, 1.54) is 17.1 Å². The van der Waals surface area contributed by atoms with Gasteiger partial charge in [-0.3, -0.25) is 24.4 Å². The highest BCUT2D eigenvalue weighted by Gasteiger charge is 2.46. The predicted octanol–water partition coefficient (Wildman–Crippen LogP) is 1.98. The Morgan fingerprint density at radius 1 is 1.27 bits per heavy atom. The van der Waals surface area contributed by atoms with Crippen LogP contribution < -0.4 is 16.4 Å². The summed E-state index contributed by atoms with van der Waals surface area (Å²) in [6.45, 7) is 7.90. The lowest BCUT2D eigenvalue weighted by Gasteiger charge is -2.32. The molecule has 37 heavy (non-hydrogen) atoms. The van der Waals surface area contributed by atoms with E-state index in [1.807, 2.05) is 57.5 Å². The number of amides is 2. The standard InChI is InChI=1S/C26H32N6O4S/c1-14-22(37-13-29-14)16-7-5-15(6-8-16)10-28-25(36)18-9-19(33)20(31-18)21(34)23(26(2,3)4)32-12-17(11-30-32)24(27)35/h5-8,11-13,18-20,23,31,33H,9-10H2,1-4H3,(H2,27,35)(H,28,36)/t18-,19+,20?,23+/m0/s1. The molecule has 0 bridgehead atoms. The third-order valence-electron chi connectivity index (χ3n) is 6.53. The number of aliphatic hydroxyl groups excluding tert-OH is 1. The van der Waals surface area contributed by atoms with E-state index in [0.717, 1.165) is 21.7 Å². The van der Waals surface area contributed by atoms with Gasteiger partial charge in [0.25, 0.3) is 5.91 Å². The molecule has 3 aromatic rings. The van der Waals surface area contributed by atoms with Gasteiger partial charge in [-0.1, -0.05) is 45.0 Å². The van der Waals surface area contributed by atoms with Crippen molar-refractivity contribution in [3.8, 4) is 10.4 Å². The Morgan fingerprint density at radius 2 is 1.97 bits per heavy atom. The number of carbonyl (C=O) groups excluding carboxylic acids is 3. The van der Waals surface area contributed by atoms with E-state index in [2.05, 4.69) is 20.7 Å². The van der Waals surface area contributed by atoms with Crippen LogP contribution in [0.1, 0.15) is 54.8 Å². The van der Waals surface area contributed by atoms with Crippen LogP contribution in [0.4, 0.5) is 0 Å². The number of thiazole rings is 1. The maximum Gasteiger partial charge on any atom is 0.251 e. The van der Waals surface area contributed by atoms with Gasteiger partial charge in [0.15, 0.2) is 5.78 Å². The molecule has 4 rings (SSSR count). The van der Waals surface area contributed by atoms with Gasteiger partial charge < -0.3 is 16.2 Å². The quantitative estimate of drug-likeness (QED) is 0.352. The Morgan fingerprint density at radius 3 is 2.54 bits per heavy atom. The monoisotopic (exact) mass is 524 g/mol. The second-order valence-electron chi connectivity index (χ2n) is 10.4. The molecule has 0 aliphatic carbocycles. The lowest BCUT2D eigenvalue weighted by atomic mass is 9.81. The molecule has 1 unspecified atom stereocenters. The minimum Gasteiger partial charge on any atom is -0.391 e. The van der Waals surface area contributed by atoms with Crippen molar-refractivity contribution >= 4 is 28.9 Å². The molecule has 1 aliphatic heterocycles. The number of carbonyl (C=O) groups is 3. The smallest absolute Gasteiger partial charge is 0.251 e. The number of aliphatic hydroxyl groups is 1. The first-order chi connectivity index (χ1) is 17.5. The van der Waals surface area contributed by atoms with Crippen LogP contribution in [0, 0.1) is 12.3 Å². The van der Waals surface area contributed by atoms with Gasteiger partial charge in [-0.15, -0.1) is 11.3 Å². The molecule has 1 aliphatic rings. The largest absolute Gasteiger partial charge is 0.391 e. The highest BCUT2D eigenvalue weighted by atomic mass is 32.1. The Labute approximate surface area is 219 Å². The first-order valence-corrected chi connectivity index (χ1v) is 12.9. The normalized spacial score (nSPS) is 20.5. The minimum absolute atomic E-state index is 0.105. The first kappa shape index (κ1) is 26.6. The van der Waals surface area contributed by atoms with Gasteiger partial charge in [-0.05, 0) is 29.9 Å². The van der Waals surface area contributed by atoms with Crippen LogP contribution in [0.15, 0.2) is 42.2 Å². The number of hydrogen-bond acceptors (Lipinski definition) is 8. The molecule has 5 N–H and O–H groups in total. The van der Waals surface area contributed by atoms with E-state index in [9.17, 15) is 19.5 Å². The molecule has 4 atom stereocenters. The molecular formula is C26H32N6O4S. The number of aryl methyl sites for hydroxylation is 1. The van der Waals surface area contributed by atoms with Crippen molar-refractivity contribution in [1.29, 1.82) is 0 Å². The van der Waals surface area contributed by atoms with E-state index in [-0.39, 0.29) is 23.7 Å². The fourth-order valence-corrected chi connectivity index (χ4v) is 5.44. The molecule has 1 aromatic carbocycles. The maximum absolute atomic E-state index is 13.5. The lowest BCUT2D eigenvalue weighted by molar-refractivity contribution is -0.129. The zero-order valence-corrected chi connectivity index (χ0v) is 22.1. The van der Waals surface area contributed by atoms with Crippen molar-refractivity contribution in [2.45, 2.75) is 64.9 Å². The van der Waals surface area contributed by atoms with Crippen LogP contribution in [-0.4, -0.2) is 55.7 Å². The van der Waals surface area contributed by atoms with Gasteiger partial charge in [-0.2, -0.15) is 5.10 Å². The molecule has 3 heterocycles. The van der Waals surface area contributed by atoms with E-state index < -0.39 is 35.6 Å². The van der Waals surface area contributed by atoms with Crippen molar-refractivity contribution in [1.82, 2.24) is 25.4 Å². The van der Waals surface area contributed by atoms with Crippen LogP contribution >= 0.6 is 11.3 Å². The molecule has 10 nitrogen and oxygen atoms in total. The van der Waals surface area contributed by atoms with Crippen LogP contribution in [0.5, 0.6) is 0 Å². The number of nitrogens with one attached hydrogen (secondary N) is 2. The number of benzene rings is 1. The number of hydrogen-bond donors (Lipinski definition) is 4. The summed E-state index contributed by atoms with van der Waals surface area (Å²) in [4.78, 5) is 43.3. The SMILES string of the molecule is Cc1ncsc1-c1ccc(CNC(=O)[C@@H]2C[C@@H](O)C(C(=O)[C@@H](n3cc(C(N)=O)cn3)C(C)(C)C)N2)cc1. The van der Waals surface area contributed by atoms with Gasteiger partial charge in [0, 0.05) is 12.7 Å². The second kappa shape index (κ2) is 10.5. The molecule has 0 spiro atoms. The van der Waals surface area contributed by atoms with Crippen molar-refractivity contribution in [3.63, 3.8) is 0 Å². The topological polar surface area (TPSA) is 152 Å². The molecule has 196 valence electrons. The van der Waals surface area contributed by atoms with Gasteiger partial charge in [0.05, 0.1) is 46.0 Å². The van der Waals surface area contributed by atoms with E-state index in [4.69, 9.17) is 5.73 Å². The number of Topliss-reactive ketones (excluding diaryl/α,β-unsaturated/α-hetero) is 1. The zero-order valence-electron chi connectivity index (χ0n) is 21.3. The van der Waals surface area contributed by atoms with Crippen LogP contribution in [0.3, 0.4) is 0 Å². The fourth-order valence-electron chi connectivity index (χ4n) is 4.62. The molecule has 11 heteroatoms. The minimum atomic E-state index is -1.04. The van der Waals surface area contributed by atoms with Crippen LogP contribution in [0.25, 0.3) is 10.4 Å². The highest BCUT2D eigenvalue weighted by Crippen LogP contribution is 2.34. The third-order valence-corrected chi connectivity index (χ3v) is 7.51. The molecule has 2 aromatic heterocycles. The molecule has 0 saturated carbocycles. The number of aromatic nitrogens is 3. The Kier molecular flexibility index (Phi) is 7.58. The zero-order chi connectivity index (χ0) is 26.9. The molecule has 1 fully saturated rings. The summed E-state index contributed by atoms with van der Waals surface area (Å²) in [6.07, 6.45) is 1.81. The average Bonchev–Trinajstić information content (AvgIpc) is 3.57. The van der Waals surface area contributed by atoms with Gasteiger partial charge in [-0.25, -0.2) is 4.98 Å². The summed E-state index contributed by atoms with van der Waals surface area (Å²) in [7, 11) is 0. The van der Waals surface area contributed by atoms with Gasteiger partial charge >= 0.3 is 0 Å². The fraction of sp³-hybridized carbons (Fsp3) is 0.423. The summed E-state index contributed by atoms with van der Waals surface area (Å²) in [5.41, 5.74) is 9.75. The van der Waals surface area contributed by atoms with Crippen molar-refractivity contribution < 1.29 is 19.5 Å². The summed E-state index contributed by atoms with van der Waals surface area (Å²) in [5, 5.41) is 20.8. The summed E-state index contributed by atoms with van der Waals surface area (Å²) < 4.78 is 1.40. The number of nitrogens with zero attached hydrogens (tertiary/aromatic N) is 3. The van der Waals surface area contributed by atoms with E-state index in [0.29, 0.717) is 6.54 Å². The number of rotatable bonds is 8. The number of primary amides is 1. The summed E-state index contributed by atoms with van der Waals surface area (Å²) >= 11 is 1.58. The maximum atomic E-state index is 13.5. The van der Waals surface area contributed by atoms with E-state index in [1.54, 1.807) is 11.3 Å². The third kappa shape index (κ3) is 5.79. The average molecular weight is 525 g/mol. The van der Waals surface area contributed by atoms with Crippen molar-refractivity contribution in [2.75, 3.05) is 0 Å². The number of ketones is 1. The van der Waals surface area contributed by atoms with Crippen molar-refractivity contribution in [2.24, 2.45) is 11.1 Å². The highest BCUT2D eigenvalue weighted by molar-refractivity contribution is 7.13. The number of nitrogens with two attached hydrogens (primary N) is 1. The molecule has 1 saturated heterocycles. The first-order valence-electron chi connectivity index (χ1n) is 12.0. The lowest BCUT2D eigenvalue weighted by Crippen LogP contribution is -2.49. The summed E-state index contributed by atoms with van der Waals surface area (Å²) in [6, 6.07) is 5.45. The Hall–Kier alpha value is -3.41. The Balaban J connectivity index is 1.39. The Bertz CT molecular complexity index is 1290. The van der Waals surface area contributed by atoms with Crippen LogP contribution in [0.2, 0.25) is 0 Å². The molecule has 0 radical (unpaired) electrons. The van der Waals surface area contributed by atoms with Gasteiger partial charge in [0.2, 0.25) is 5.91 Å². The van der Waals surface area contributed by atoms with E-state index >= 15 is 0 Å². The van der Waals surface area contributed by atoms with Crippen LogP contribution in [-0.2, 0) is 16.1 Å². The predicted molar refractivity (Wildman–Crippen MR) is 140 cm³/mol. The van der Waals surface area contributed by atoms with Gasteiger partial charge in [0.1, 0.15) is 6.04 Å². The van der Waals surface area contributed by atoms with Crippen molar-refractivity contribution in [3.05, 3.63) is 59.0 Å². The second-order valence-corrected chi connectivity index (χ2v) is 11.3. The summed E-state index contributed by atoms with van der Waals surface area (Å²) in [5.74, 6) is -1.25. The molecular weight excluding hydrogens is 492 g/mol. The molecule has 2 amide bonds.